The quantitative estimate of drug-likeness (QED) is 0.765. The smallest absolute Gasteiger partial charge is 0.352 e. The maximum absolute atomic E-state index is 12.5. The number of carbonyl (C=O) groups is 1. The predicted octanol–water partition coefficient (Wildman–Crippen LogP) is 1.89. The van der Waals surface area contributed by atoms with Gasteiger partial charge in [0.2, 0.25) is 10.0 Å². The lowest BCUT2D eigenvalue weighted by molar-refractivity contribution is 0.0690. The molecule has 1 aromatic heterocycles. The first-order valence-electron chi connectivity index (χ1n) is 6.73. The average Bonchev–Trinajstić information content (AvgIpc) is 2.93. The summed E-state index contributed by atoms with van der Waals surface area (Å²) in [6, 6.07) is -0.0746. The van der Waals surface area contributed by atoms with Crippen LogP contribution in [0.15, 0.2) is 4.90 Å². The molecule has 21 heavy (non-hydrogen) atoms. The number of aromatic carboxylic acids is 1. The van der Waals surface area contributed by atoms with Gasteiger partial charge in [0.15, 0.2) is 0 Å². The molecule has 0 radical (unpaired) electrons. The third-order valence-corrected chi connectivity index (χ3v) is 6.78. The fraction of sp³-hybridized carbons (Fsp3) is 0.615. The molecule has 1 aromatic rings. The Hall–Kier alpha value is -0.990. The van der Waals surface area contributed by atoms with E-state index in [1.165, 1.54) is 6.92 Å². The van der Waals surface area contributed by atoms with Crippen molar-refractivity contribution < 1.29 is 18.3 Å². The van der Waals surface area contributed by atoms with Crippen LogP contribution in [0.5, 0.6) is 0 Å². The summed E-state index contributed by atoms with van der Waals surface area (Å²) in [5.41, 5.74) is 0.546. The fourth-order valence-electron chi connectivity index (χ4n) is 2.89. The van der Waals surface area contributed by atoms with Crippen molar-refractivity contribution in [1.29, 1.82) is 0 Å². The molecule has 3 N–H and O–H groups in total. The van der Waals surface area contributed by atoms with E-state index in [4.69, 9.17) is 5.11 Å². The van der Waals surface area contributed by atoms with Crippen molar-refractivity contribution in [3.05, 3.63) is 17.0 Å². The number of aromatic nitrogens is 1. The number of thioether (sulfide) groups is 1. The number of hydrogen-bond acceptors (Lipinski definition) is 4. The van der Waals surface area contributed by atoms with Gasteiger partial charge in [0.25, 0.3) is 0 Å². The van der Waals surface area contributed by atoms with E-state index >= 15 is 0 Å². The lowest BCUT2D eigenvalue weighted by Gasteiger charge is -2.14. The molecule has 8 heteroatoms. The Morgan fingerprint density at radius 1 is 1.38 bits per heavy atom. The van der Waals surface area contributed by atoms with Gasteiger partial charge in [-0.15, -0.1) is 0 Å². The zero-order chi connectivity index (χ0) is 15.8. The molecule has 118 valence electrons. The van der Waals surface area contributed by atoms with E-state index in [1.54, 1.807) is 18.7 Å². The second-order valence-electron chi connectivity index (χ2n) is 5.37. The third kappa shape index (κ3) is 3.27. The molecule has 0 saturated heterocycles. The number of H-pyrrole nitrogens is 1. The van der Waals surface area contributed by atoms with Gasteiger partial charge in [-0.25, -0.2) is 17.9 Å². The SMILES string of the molecule is CSC1CCC(NS(=O)(=O)c2c(C)[nH]c(C(=O)O)c2C)C1. The van der Waals surface area contributed by atoms with Crippen LogP contribution in [0, 0.1) is 13.8 Å². The summed E-state index contributed by atoms with van der Waals surface area (Å²) in [5.74, 6) is -1.15. The molecule has 0 aromatic carbocycles. The van der Waals surface area contributed by atoms with E-state index in [2.05, 4.69) is 9.71 Å². The van der Waals surface area contributed by atoms with E-state index in [9.17, 15) is 13.2 Å². The first-order valence-corrected chi connectivity index (χ1v) is 9.51. The number of carboxylic acids is 1. The first-order chi connectivity index (χ1) is 9.76. The molecule has 6 nitrogen and oxygen atoms in total. The normalized spacial score (nSPS) is 22.6. The van der Waals surface area contributed by atoms with Crippen LogP contribution in [0.2, 0.25) is 0 Å². The topological polar surface area (TPSA) is 99.3 Å². The van der Waals surface area contributed by atoms with Crippen LogP contribution < -0.4 is 4.72 Å². The number of nitrogens with one attached hydrogen (secondary N) is 2. The van der Waals surface area contributed by atoms with Gasteiger partial charge in [0, 0.05) is 22.5 Å². The monoisotopic (exact) mass is 332 g/mol. The van der Waals surface area contributed by atoms with Gasteiger partial charge >= 0.3 is 5.97 Å². The minimum absolute atomic E-state index is 0.0625. The van der Waals surface area contributed by atoms with Gasteiger partial charge in [0.1, 0.15) is 10.6 Å². The molecule has 1 heterocycles. The molecular weight excluding hydrogens is 312 g/mol. The lowest BCUT2D eigenvalue weighted by Crippen LogP contribution is -2.33. The second kappa shape index (κ2) is 6.02. The number of hydrogen-bond donors (Lipinski definition) is 3. The zero-order valence-corrected chi connectivity index (χ0v) is 13.9. The second-order valence-corrected chi connectivity index (χ2v) is 8.16. The van der Waals surface area contributed by atoms with Crippen LogP contribution in [0.3, 0.4) is 0 Å². The van der Waals surface area contributed by atoms with Crippen LogP contribution in [0.25, 0.3) is 0 Å². The highest BCUT2D eigenvalue weighted by molar-refractivity contribution is 7.99. The lowest BCUT2D eigenvalue weighted by atomic mass is 10.2. The summed E-state index contributed by atoms with van der Waals surface area (Å²) in [6.45, 7) is 3.09. The number of sulfonamides is 1. The van der Waals surface area contributed by atoms with Crippen molar-refractivity contribution >= 4 is 27.8 Å². The molecule has 1 aliphatic carbocycles. The molecule has 1 aliphatic rings. The van der Waals surface area contributed by atoms with Gasteiger partial charge < -0.3 is 10.1 Å². The highest BCUT2D eigenvalue weighted by Crippen LogP contribution is 2.30. The summed E-state index contributed by atoms with van der Waals surface area (Å²) < 4.78 is 27.8. The molecule has 1 saturated carbocycles. The molecule has 2 unspecified atom stereocenters. The van der Waals surface area contributed by atoms with E-state index < -0.39 is 16.0 Å². The Bertz CT molecular complexity index is 651. The van der Waals surface area contributed by atoms with Crippen molar-refractivity contribution in [2.24, 2.45) is 0 Å². The van der Waals surface area contributed by atoms with Gasteiger partial charge in [0.05, 0.1) is 0 Å². The molecule has 2 rings (SSSR count). The Morgan fingerprint density at radius 2 is 2.05 bits per heavy atom. The van der Waals surface area contributed by atoms with Gasteiger partial charge in [-0.2, -0.15) is 11.8 Å². The molecule has 0 spiro atoms. The van der Waals surface area contributed by atoms with E-state index in [-0.39, 0.29) is 22.2 Å². The summed E-state index contributed by atoms with van der Waals surface area (Å²) in [5, 5.41) is 9.56. The summed E-state index contributed by atoms with van der Waals surface area (Å²) in [6.07, 6.45) is 4.66. The number of carboxylic acid groups (broad SMARTS) is 1. The Morgan fingerprint density at radius 3 is 2.52 bits per heavy atom. The molecule has 2 atom stereocenters. The standard InChI is InChI=1S/C13H20N2O4S2/c1-7-11(13(16)17)14-8(2)12(7)21(18,19)15-9-4-5-10(6-9)20-3/h9-10,14-15H,4-6H2,1-3H3,(H,16,17). The minimum Gasteiger partial charge on any atom is -0.477 e. The van der Waals surface area contributed by atoms with Crippen molar-refractivity contribution in [1.82, 2.24) is 9.71 Å². The minimum atomic E-state index is -3.70. The van der Waals surface area contributed by atoms with E-state index in [0.29, 0.717) is 10.9 Å². The Kier molecular flexibility index (Phi) is 4.69. The number of aromatic amines is 1. The predicted molar refractivity (Wildman–Crippen MR) is 82.5 cm³/mol. The summed E-state index contributed by atoms with van der Waals surface area (Å²) in [4.78, 5) is 13.8. The largest absolute Gasteiger partial charge is 0.477 e. The number of aryl methyl sites for hydroxylation is 1. The zero-order valence-electron chi connectivity index (χ0n) is 12.3. The van der Waals surface area contributed by atoms with Crippen LogP contribution in [-0.4, -0.2) is 42.0 Å². The highest BCUT2D eigenvalue weighted by Gasteiger charge is 2.31. The highest BCUT2D eigenvalue weighted by atomic mass is 32.2. The molecule has 1 fully saturated rings. The average molecular weight is 332 g/mol. The summed E-state index contributed by atoms with van der Waals surface area (Å²) >= 11 is 1.75. The number of rotatable bonds is 5. The van der Waals surface area contributed by atoms with Crippen LogP contribution in [0.4, 0.5) is 0 Å². The molecular formula is C13H20N2O4S2. The maximum atomic E-state index is 12.5. The summed E-state index contributed by atoms with van der Waals surface area (Å²) in [7, 11) is -3.70. The van der Waals surface area contributed by atoms with Gasteiger partial charge in [-0.3, -0.25) is 0 Å². The third-order valence-electron chi connectivity index (χ3n) is 3.89. The van der Waals surface area contributed by atoms with Crippen molar-refractivity contribution in [3.63, 3.8) is 0 Å². The van der Waals surface area contributed by atoms with Crippen molar-refractivity contribution in [2.75, 3.05) is 6.26 Å². The first kappa shape index (κ1) is 16.4. The molecule has 0 aliphatic heterocycles. The molecule has 0 amide bonds. The fourth-order valence-corrected chi connectivity index (χ4v) is 5.42. The van der Waals surface area contributed by atoms with Crippen LogP contribution >= 0.6 is 11.8 Å². The van der Waals surface area contributed by atoms with E-state index in [1.807, 2.05) is 6.26 Å². The van der Waals surface area contributed by atoms with Crippen molar-refractivity contribution in [2.45, 2.75) is 49.3 Å². The Balaban J connectivity index is 2.26. The van der Waals surface area contributed by atoms with Crippen molar-refractivity contribution in [3.8, 4) is 0 Å². The van der Waals surface area contributed by atoms with E-state index in [0.717, 1.165) is 19.3 Å². The van der Waals surface area contributed by atoms with Gasteiger partial charge in [-0.1, -0.05) is 0 Å². The molecule has 0 bridgehead atoms. The van der Waals surface area contributed by atoms with Gasteiger partial charge in [-0.05, 0) is 39.4 Å². The van der Waals surface area contributed by atoms with Crippen LogP contribution in [0.1, 0.15) is 41.0 Å². The maximum Gasteiger partial charge on any atom is 0.352 e. The Labute approximate surface area is 128 Å². The van der Waals surface area contributed by atoms with Crippen LogP contribution in [-0.2, 0) is 10.0 Å².